The van der Waals surface area contributed by atoms with Gasteiger partial charge in [0.1, 0.15) is 5.82 Å². The molecular weight excluding hydrogens is 336 g/mol. The molecule has 0 aliphatic carbocycles. The van der Waals surface area contributed by atoms with Crippen molar-refractivity contribution in [1.29, 1.82) is 0 Å². The molecule has 4 nitrogen and oxygen atoms in total. The number of benzene rings is 1. The molecule has 2 aromatic heterocycles. The standard InChI is InChI=1S/C17H14ClF2N3O/c1-9(2)6-11-10(3)12(18)7-13(19)16(11)23-15(24)8-14(20)22-5-4-21-17(22)23/h4-5,7-8H,1,6H2,2-3H3. The molecule has 3 rings (SSSR count). The number of nitrogens with zero attached hydrogens (tertiary/aromatic N) is 3. The summed E-state index contributed by atoms with van der Waals surface area (Å²) in [6.07, 6.45) is 3.03. The smallest absolute Gasteiger partial charge is 0.262 e. The molecule has 0 saturated heterocycles. The van der Waals surface area contributed by atoms with Gasteiger partial charge in [-0.1, -0.05) is 23.8 Å². The van der Waals surface area contributed by atoms with Gasteiger partial charge in [0.2, 0.25) is 11.7 Å². The van der Waals surface area contributed by atoms with Gasteiger partial charge in [-0.25, -0.2) is 13.9 Å². The van der Waals surface area contributed by atoms with E-state index in [1.165, 1.54) is 12.4 Å². The maximum atomic E-state index is 14.7. The lowest BCUT2D eigenvalue weighted by Crippen LogP contribution is -2.24. The molecule has 0 atom stereocenters. The highest BCUT2D eigenvalue weighted by Gasteiger charge is 2.21. The van der Waals surface area contributed by atoms with Gasteiger partial charge in [-0.3, -0.25) is 9.20 Å². The Morgan fingerprint density at radius 3 is 2.75 bits per heavy atom. The summed E-state index contributed by atoms with van der Waals surface area (Å²) in [7, 11) is 0. The molecule has 0 saturated carbocycles. The average molecular weight is 350 g/mol. The Morgan fingerprint density at radius 2 is 2.08 bits per heavy atom. The Morgan fingerprint density at radius 1 is 1.38 bits per heavy atom. The van der Waals surface area contributed by atoms with Gasteiger partial charge in [-0.15, -0.1) is 0 Å². The maximum absolute atomic E-state index is 14.7. The number of halogens is 3. The predicted octanol–water partition coefficient (Wildman–Crippen LogP) is 3.84. The molecule has 0 aliphatic heterocycles. The van der Waals surface area contributed by atoms with E-state index in [1.807, 2.05) is 0 Å². The lowest BCUT2D eigenvalue weighted by atomic mass is 9.99. The van der Waals surface area contributed by atoms with Gasteiger partial charge in [0, 0.05) is 17.4 Å². The minimum Gasteiger partial charge on any atom is -0.269 e. The minimum absolute atomic E-state index is 0.0106. The molecule has 0 N–H and O–H groups in total. The molecule has 0 fully saturated rings. The summed E-state index contributed by atoms with van der Waals surface area (Å²) in [5, 5.41) is 0.252. The molecule has 124 valence electrons. The van der Waals surface area contributed by atoms with Crippen molar-refractivity contribution < 1.29 is 8.78 Å². The first-order valence-corrected chi connectivity index (χ1v) is 7.56. The highest BCUT2D eigenvalue weighted by Crippen LogP contribution is 2.30. The fraction of sp³-hybridized carbons (Fsp3) is 0.176. The topological polar surface area (TPSA) is 39.3 Å². The molecule has 0 unspecified atom stereocenters. The molecule has 0 aliphatic rings. The number of aromatic nitrogens is 3. The van der Waals surface area contributed by atoms with Crippen LogP contribution in [0.1, 0.15) is 18.1 Å². The minimum atomic E-state index is -0.767. The quantitative estimate of drug-likeness (QED) is 0.532. The van der Waals surface area contributed by atoms with E-state index in [0.717, 1.165) is 26.7 Å². The van der Waals surface area contributed by atoms with Crippen LogP contribution < -0.4 is 5.56 Å². The Kier molecular flexibility index (Phi) is 4.01. The third-order valence-corrected chi connectivity index (χ3v) is 4.19. The van der Waals surface area contributed by atoms with E-state index < -0.39 is 17.3 Å². The third kappa shape index (κ3) is 2.53. The van der Waals surface area contributed by atoms with Crippen LogP contribution in [-0.2, 0) is 6.42 Å². The first-order valence-electron chi connectivity index (χ1n) is 7.18. The molecule has 24 heavy (non-hydrogen) atoms. The van der Waals surface area contributed by atoms with Crippen LogP contribution in [0, 0.1) is 18.7 Å². The Hall–Kier alpha value is -2.47. The highest BCUT2D eigenvalue weighted by molar-refractivity contribution is 6.31. The van der Waals surface area contributed by atoms with E-state index in [2.05, 4.69) is 11.6 Å². The van der Waals surface area contributed by atoms with E-state index in [1.54, 1.807) is 13.8 Å². The molecule has 3 aromatic rings. The van der Waals surface area contributed by atoms with Gasteiger partial charge < -0.3 is 0 Å². The first-order chi connectivity index (χ1) is 11.3. The van der Waals surface area contributed by atoms with Crippen molar-refractivity contribution in [2.75, 3.05) is 0 Å². The van der Waals surface area contributed by atoms with Gasteiger partial charge in [-0.2, -0.15) is 4.39 Å². The van der Waals surface area contributed by atoms with Crippen molar-refractivity contribution in [3.8, 4) is 5.69 Å². The van der Waals surface area contributed by atoms with E-state index in [0.29, 0.717) is 17.5 Å². The summed E-state index contributed by atoms with van der Waals surface area (Å²) in [6, 6.07) is 1.94. The lowest BCUT2D eigenvalue weighted by molar-refractivity contribution is 0.554. The lowest BCUT2D eigenvalue weighted by Gasteiger charge is -2.17. The van der Waals surface area contributed by atoms with Crippen LogP contribution in [0.2, 0.25) is 5.02 Å². The van der Waals surface area contributed by atoms with Crippen molar-refractivity contribution in [2.45, 2.75) is 20.3 Å². The molecule has 0 spiro atoms. The van der Waals surface area contributed by atoms with Gasteiger partial charge in [0.15, 0.2) is 0 Å². The van der Waals surface area contributed by atoms with E-state index in [-0.39, 0.29) is 16.5 Å². The van der Waals surface area contributed by atoms with Crippen molar-refractivity contribution in [3.05, 3.63) is 74.9 Å². The van der Waals surface area contributed by atoms with Crippen LogP contribution in [0.15, 0.2) is 41.5 Å². The first kappa shape index (κ1) is 16.4. The van der Waals surface area contributed by atoms with Crippen LogP contribution in [0.5, 0.6) is 0 Å². The molecular formula is C17H14ClF2N3O. The zero-order valence-electron chi connectivity index (χ0n) is 13.1. The van der Waals surface area contributed by atoms with E-state index in [4.69, 9.17) is 11.6 Å². The number of hydrogen-bond donors (Lipinski definition) is 0. The summed E-state index contributed by atoms with van der Waals surface area (Å²) in [5.74, 6) is -1.46. The Labute approximate surface area is 141 Å². The van der Waals surface area contributed by atoms with Crippen LogP contribution in [0.4, 0.5) is 8.78 Å². The molecule has 0 radical (unpaired) electrons. The van der Waals surface area contributed by atoms with Crippen molar-refractivity contribution in [1.82, 2.24) is 14.0 Å². The second kappa shape index (κ2) is 5.87. The molecule has 0 amide bonds. The monoisotopic (exact) mass is 349 g/mol. The zero-order valence-corrected chi connectivity index (χ0v) is 13.9. The second-order valence-electron chi connectivity index (χ2n) is 5.66. The van der Waals surface area contributed by atoms with Crippen LogP contribution in [0.3, 0.4) is 0 Å². The number of fused-ring (bicyclic) bond motifs is 1. The fourth-order valence-electron chi connectivity index (χ4n) is 2.69. The van der Waals surface area contributed by atoms with Crippen LogP contribution in [-0.4, -0.2) is 14.0 Å². The van der Waals surface area contributed by atoms with Crippen molar-refractivity contribution in [2.24, 2.45) is 0 Å². The van der Waals surface area contributed by atoms with E-state index in [9.17, 15) is 13.6 Å². The van der Waals surface area contributed by atoms with E-state index >= 15 is 0 Å². The van der Waals surface area contributed by atoms with Gasteiger partial charge in [-0.05, 0) is 37.5 Å². The number of rotatable bonds is 3. The number of allylic oxidation sites excluding steroid dienone is 1. The summed E-state index contributed by atoms with van der Waals surface area (Å²) in [4.78, 5) is 16.4. The highest BCUT2D eigenvalue weighted by atomic mass is 35.5. The predicted molar refractivity (Wildman–Crippen MR) is 89.0 cm³/mol. The summed E-state index contributed by atoms with van der Waals surface area (Å²) >= 11 is 6.09. The van der Waals surface area contributed by atoms with Gasteiger partial charge in [0.25, 0.3) is 5.56 Å². The summed E-state index contributed by atoms with van der Waals surface area (Å²) < 4.78 is 30.8. The average Bonchev–Trinajstić information content (AvgIpc) is 2.96. The maximum Gasteiger partial charge on any atom is 0.262 e. The van der Waals surface area contributed by atoms with Gasteiger partial charge in [0.05, 0.1) is 11.8 Å². The Balaban J connectivity index is 2.47. The summed E-state index contributed by atoms with van der Waals surface area (Å²) in [5.41, 5.74) is 1.23. The second-order valence-corrected chi connectivity index (χ2v) is 6.07. The number of hydrogen-bond acceptors (Lipinski definition) is 2. The zero-order chi connectivity index (χ0) is 17.6. The normalized spacial score (nSPS) is 11.2. The number of imidazole rings is 1. The molecule has 2 heterocycles. The SMILES string of the molecule is C=C(C)Cc1c(C)c(Cl)cc(F)c1-n1c(=O)cc(F)n2ccnc12. The van der Waals surface area contributed by atoms with Crippen molar-refractivity contribution in [3.63, 3.8) is 0 Å². The van der Waals surface area contributed by atoms with Crippen LogP contribution >= 0.6 is 11.6 Å². The van der Waals surface area contributed by atoms with Crippen LogP contribution in [0.25, 0.3) is 11.5 Å². The molecule has 7 heteroatoms. The van der Waals surface area contributed by atoms with Crippen molar-refractivity contribution >= 4 is 17.4 Å². The molecule has 1 aromatic carbocycles. The van der Waals surface area contributed by atoms with Gasteiger partial charge >= 0.3 is 0 Å². The fourth-order valence-corrected chi connectivity index (χ4v) is 2.90. The molecule has 0 bridgehead atoms. The summed E-state index contributed by atoms with van der Waals surface area (Å²) in [6.45, 7) is 7.37. The largest absolute Gasteiger partial charge is 0.269 e. The third-order valence-electron chi connectivity index (χ3n) is 3.79. The Bertz CT molecular complexity index is 1040.